The minimum absolute atomic E-state index is 0.135. The van der Waals surface area contributed by atoms with Crippen molar-refractivity contribution < 1.29 is 13.6 Å². The Morgan fingerprint density at radius 2 is 2.00 bits per heavy atom. The Bertz CT molecular complexity index is 908. The standard InChI is InChI=1S/C19H16F2N2OS/c1-12(24)22-8-7-13-5-6-14(10-17(13)21)18-11-25-19(23-18)15-3-2-4-16(20)9-15/h2-6,9-11H,7-8H2,1H3,(H,22,24). The van der Waals surface area contributed by atoms with Crippen LogP contribution in [0, 0.1) is 11.6 Å². The van der Waals surface area contributed by atoms with Crippen LogP contribution in [0.15, 0.2) is 47.8 Å². The molecule has 0 fully saturated rings. The number of aromatic nitrogens is 1. The van der Waals surface area contributed by atoms with Gasteiger partial charge in [0, 0.05) is 30.0 Å². The number of nitrogens with zero attached hydrogens (tertiary/aromatic N) is 1. The fraction of sp³-hybridized carbons (Fsp3) is 0.158. The van der Waals surface area contributed by atoms with Crippen LogP contribution in [0.2, 0.25) is 0 Å². The molecule has 1 aromatic heterocycles. The number of nitrogens with one attached hydrogen (secondary N) is 1. The smallest absolute Gasteiger partial charge is 0.216 e. The summed E-state index contributed by atoms with van der Waals surface area (Å²) in [4.78, 5) is 15.3. The Hall–Kier alpha value is -2.60. The summed E-state index contributed by atoms with van der Waals surface area (Å²) < 4.78 is 27.6. The summed E-state index contributed by atoms with van der Waals surface area (Å²) in [6.07, 6.45) is 0.428. The van der Waals surface area contributed by atoms with E-state index in [2.05, 4.69) is 10.3 Å². The topological polar surface area (TPSA) is 42.0 Å². The van der Waals surface area contributed by atoms with E-state index in [1.807, 2.05) is 5.38 Å². The predicted molar refractivity (Wildman–Crippen MR) is 95.3 cm³/mol. The van der Waals surface area contributed by atoms with Gasteiger partial charge in [-0.2, -0.15) is 0 Å². The average Bonchev–Trinajstić information content (AvgIpc) is 3.06. The van der Waals surface area contributed by atoms with Crippen molar-refractivity contribution in [3.8, 4) is 21.8 Å². The van der Waals surface area contributed by atoms with Crippen LogP contribution in [-0.2, 0) is 11.2 Å². The third kappa shape index (κ3) is 4.28. The number of amides is 1. The van der Waals surface area contributed by atoms with E-state index >= 15 is 0 Å². The van der Waals surface area contributed by atoms with E-state index < -0.39 is 0 Å². The van der Waals surface area contributed by atoms with Gasteiger partial charge in [-0.15, -0.1) is 11.3 Å². The maximum absolute atomic E-state index is 14.3. The van der Waals surface area contributed by atoms with Gasteiger partial charge in [0.1, 0.15) is 16.6 Å². The molecule has 0 bridgehead atoms. The largest absolute Gasteiger partial charge is 0.356 e. The second kappa shape index (κ2) is 7.53. The number of carbonyl (C=O) groups excluding carboxylic acids is 1. The van der Waals surface area contributed by atoms with E-state index in [0.717, 1.165) is 0 Å². The second-order valence-corrected chi connectivity index (χ2v) is 6.45. The van der Waals surface area contributed by atoms with Gasteiger partial charge in [-0.05, 0) is 30.2 Å². The highest BCUT2D eigenvalue weighted by atomic mass is 32.1. The third-order valence-corrected chi connectivity index (χ3v) is 4.58. The van der Waals surface area contributed by atoms with Crippen LogP contribution in [0.3, 0.4) is 0 Å². The summed E-state index contributed by atoms with van der Waals surface area (Å²) in [5.74, 6) is -0.781. The summed E-state index contributed by atoms with van der Waals surface area (Å²) in [5.41, 5.74) is 2.55. The fourth-order valence-electron chi connectivity index (χ4n) is 2.44. The molecular weight excluding hydrogens is 342 g/mol. The number of rotatable bonds is 5. The molecule has 1 N–H and O–H groups in total. The number of carbonyl (C=O) groups is 1. The summed E-state index contributed by atoms with van der Waals surface area (Å²) >= 11 is 1.39. The lowest BCUT2D eigenvalue weighted by molar-refractivity contribution is -0.118. The number of halogens is 2. The summed E-state index contributed by atoms with van der Waals surface area (Å²) in [6, 6.07) is 11.2. The van der Waals surface area contributed by atoms with Crippen LogP contribution in [0.1, 0.15) is 12.5 Å². The van der Waals surface area contributed by atoms with Crippen molar-refractivity contribution in [2.24, 2.45) is 0 Å². The fourth-order valence-corrected chi connectivity index (χ4v) is 3.27. The van der Waals surface area contributed by atoms with Crippen molar-refractivity contribution in [2.75, 3.05) is 6.54 Å². The molecule has 0 aliphatic heterocycles. The van der Waals surface area contributed by atoms with Gasteiger partial charge >= 0.3 is 0 Å². The Morgan fingerprint density at radius 3 is 2.72 bits per heavy atom. The van der Waals surface area contributed by atoms with Gasteiger partial charge in [-0.3, -0.25) is 4.79 Å². The SMILES string of the molecule is CC(=O)NCCc1ccc(-c2csc(-c3cccc(F)c3)n2)cc1F. The molecule has 1 heterocycles. The van der Waals surface area contributed by atoms with E-state index in [4.69, 9.17) is 0 Å². The van der Waals surface area contributed by atoms with E-state index in [-0.39, 0.29) is 17.5 Å². The van der Waals surface area contributed by atoms with Crippen LogP contribution < -0.4 is 5.32 Å². The summed E-state index contributed by atoms with van der Waals surface area (Å²) in [7, 11) is 0. The summed E-state index contributed by atoms with van der Waals surface area (Å²) in [6.45, 7) is 1.82. The Morgan fingerprint density at radius 1 is 1.16 bits per heavy atom. The predicted octanol–water partition coefficient (Wildman–Crippen LogP) is 4.43. The first-order chi connectivity index (χ1) is 12.0. The molecule has 128 valence electrons. The molecule has 2 aromatic carbocycles. The molecule has 0 spiro atoms. The molecule has 3 nitrogen and oxygen atoms in total. The van der Waals surface area contributed by atoms with Crippen molar-refractivity contribution in [1.82, 2.24) is 10.3 Å². The highest BCUT2D eigenvalue weighted by Crippen LogP contribution is 2.30. The normalized spacial score (nSPS) is 10.7. The van der Waals surface area contributed by atoms with Crippen molar-refractivity contribution >= 4 is 17.2 Å². The number of benzene rings is 2. The highest BCUT2D eigenvalue weighted by Gasteiger charge is 2.10. The molecule has 25 heavy (non-hydrogen) atoms. The van der Waals surface area contributed by atoms with Gasteiger partial charge in [-0.25, -0.2) is 13.8 Å². The van der Waals surface area contributed by atoms with Gasteiger partial charge in [0.2, 0.25) is 5.91 Å². The molecule has 0 saturated heterocycles. The van der Waals surface area contributed by atoms with Gasteiger partial charge in [0.15, 0.2) is 0 Å². The first-order valence-corrected chi connectivity index (χ1v) is 8.65. The maximum Gasteiger partial charge on any atom is 0.216 e. The van der Waals surface area contributed by atoms with E-state index in [0.29, 0.717) is 40.4 Å². The van der Waals surface area contributed by atoms with E-state index in [9.17, 15) is 13.6 Å². The first kappa shape index (κ1) is 17.2. The van der Waals surface area contributed by atoms with Crippen molar-refractivity contribution in [1.29, 1.82) is 0 Å². The number of hydrogen-bond donors (Lipinski definition) is 1. The van der Waals surface area contributed by atoms with Crippen molar-refractivity contribution in [3.05, 3.63) is 65.0 Å². The van der Waals surface area contributed by atoms with Gasteiger partial charge < -0.3 is 5.32 Å². The molecule has 0 radical (unpaired) electrons. The van der Waals surface area contributed by atoms with Gasteiger partial charge in [-0.1, -0.05) is 24.3 Å². The lowest BCUT2D eigenvalue weighted by Crippen LogP contribution is -2.22. The zero-order valence-corrected chi connectivity index (χ0v) is 14.4. The molecule has 0 saturated carbocycles. The Labute approximate surface area is 148 Å². The van der Waals surface area contributed by atoms with Crippen LogP contribution in [0.4, 0.5) is 8.78 Å². The van der Waals surface area contributed by atoms with E-state index in [1.54, 1.807) is 24.3 Å². The highest BCUT2D eigenvalue weighted by molar-refractivity contribution is 7.13. The van der Waals surface area contributed by atoms with Crippen LogP contribution >= 0.6 is 11.3 Å². The maximum atomic E-state index is 14.3. The number of thiazole rings is 1. The lowest BCUT2D eigenvalue weighted by atomic mass is 10.1. The number of hydrogen-bond acceptors (Lipinski definition) is 3. The molecule has 3 rings (SSSR count). The Balaban J connectivity index is 1.78. The molecule has 0 aliphatic carbocycles. The molecular formula is C19H16F2N2OS. The molecule has 6 heteroatoms. The van der Waals surface area contributed by atoms with Crippen molar-refractivity contribution in [3.63, 3.8) is 0 Å². The van der Waals surface area contributed by atoms with Crippen LogP contribution in [-0.4, -0.2) is 17.4 Å². The van der Waals surface area contributed by atoms with Crippen molar-refractivity contribution in [2.45, 2.75) is 13.3 Å². The average molecular weight is 358 g/mol. The summed E-state index contributed by atoms with van der Waals surface area (Å²) in [5, 5.41) is 5.16. The quantitative estimate of drug-likeness (QED) is 0.733. The zero-order valence-electron chi connectivity index (χ0n) is 13.6. The molecule has 0 atom stereocenters. The minimum atomic E-state index is -0.330. The Kier molecular flexibility index (Phi) is 5.19. The molecule has 1 amide bonds. The lowest BCUT2D eigenvalue weighted by Gasteiger charge is -2.06. The van der Waals surface area contributed by atoms with Gasteiger partial charge in [0.05, 0.1) is 5.69 Å². The zero-order chi connectivity index (χ0) is 17.8. The first-order valence-electron chi connectivity index (χ1n) is 7.77. The van der Waals surface area contributed by atoms with Crippen LogP contribution in [0.25, 0.3) is 21.8 Å². The molecule has 0 aliphatic rings. The van der Waals surface area contributed by atoms with E-state index in [1.165, 1.54) is 36.5 Å². The van der Waals surface area contributed by atoms with Gasteiger partial charge in [0.25, 0.3) is 0 Å². The third-order valence-electron chi connectivity index (χ3n) is 3.69. The monoisotopic (exact) mass is 358 g/mol. The second-order valence-electron chi connectivity index (χ2n) is 5.59. The minimum Gasteiger partial charge on any atom is -0.356 e. The molecule has 0 unspecified atom stereocenters. The van der Waals surface area contributed by atoms with Crippen LogP contribution in [0.5, 0.6) is 0 Å². The molecule has 3 aromatic rings.